The van der Waals surface area contributed by atoms with Crippen molar-refractivity contribution in [1.82, 2.24) is 5.43 Å². The molecule has 0 radical (unpaired) electrons. The van der Waals surface area contributed by atoms with Crippen molar-refractivity contribution >= 4 is 34.7 Å². The number of azo groups is 1. The smallest absolute Gasteiger partial charge is 0.271 e. The number of aryl methyl sites for hydroxylation is 1. The summed E-state index contributed by atoms with van der Waals surface area (Å²) in [7, 11) is 0. The summed E-state index contributed by atoms with van der Waals surface area (Å²) >= 11 is 5.95. The highest BCUT2D eigenvalue weighted by Gasteiger charge is 2.13. The van der Waals surface area contributed by atoms with E-state index in [9.17, 15) is 4.79 Å². The van der Waals surface area contributed by atoms with Crippen molar-refractivity contribution in [2.75, 3.05) is 18.0 Å². The molecule has 0 aromatic heterocycles. The summed E-state index contributed by atoms with van der Waals surface area (Å²) in [5.74, 6) is -0.151. The van der Waals surface area contributed by atoms with E-state index in [4.69, 9.17) is 22.1 Å². The number of nitrogens with one attached hydrogen (secondary N) is 1. The van der Waals surface area contributed by atoms with Gasteiger partial charge in [0.2, 0.25) is 5.84 Å². The van der Waals surface area contributed by atoms with Crippen LogP contribution in [0.4, 0.5) is 11.4 Å². The van der Waals surface area contributed by atoms with Crippen LogP contribution in [0, 0.1) is 29.6 Å². The normalized spacial score (nSPS) is 11.1. The maximum absolute atomic E-state index is 12.6. The largest absolute Gasteiger partial charge is 0.369 e. The number of hydrazone groups is 1. The highest BCUT2D eigenvalue weighted by molar-refractivity contribution is 6.30. The first-order valence-electron chi connectivity index (χ1n) is 11.2. The molecule has 0 aliphatic carbocycles. The molecule has 3 rings (SSSR count). The van der Waals surface area contributed by atoms with Gasteiger partial charge in [-0.2, -0.15) is 10.5 Å². The Bertz CT molecular complexity index is 1300. The van der Waals surface area contributed by atoms with Gasteiger partial charge in [-0.15, -0.1) is 15.3 Å². The molecule has 0 bridgehead atoms. The standard InChI is InChI=1S/C27H24ClN7O/c1-20-19-24(35(17-5-15-29)18-6-16-30)13-14-25(20)26(32-31-23-11-9-22(28)10-12-23)33-34-27(36)21-7-3-2-4-8-21/h2-4,7-14,19H,5-6,17-18H2,1H3,(H,34,36)/b32-31?,33-26+. The minimum Gasteiger partial charge on any atom is -0.369 e. The van der Waals surface area contributed by atoms with Crippen LogP contribution in [0.15, 0.2) is 88.1 Å². The van der Waals surface area contributed by atoms with Crippen LogP contribution in [0.25, 0.3) is 0 Å². The van der Waals surface area contributed by atoms with Crippen LogP contribution in [-0.4, -0.2) is 24.8 Å². The average Bonchev–Trinajstić information content (AvgIpc) is 2.90. The molecule has 0 unspecified atom stereocenters. The fourth-order valence-electron chi connectivity index (χ4n) is 3.34. The summed E-state index contributed by atoms with van der Waals surface area (Å²) in [6, 6.07) is 25.6. The SMILES string of the molecule is Cc1cc(N(CCC#N)CCC#N)ccc1/C(N=Nc1ccc(Cl)cc1)=N\NC(=O)c1ccccc1. The minimum absolute atomic E-state index is 0.221. The summed E-state index contributed by atoms with van der Waals surface area (Å²) < 4.78 is 0. The first-order valence-corrected chi connectivity index (χ1v) is 11.6. The van der Waals surface area contributed by atoms with Crippen LogP contribution in [0.2, 0.25) is 5.02 Å². The minimum atomic E-state index is -0.372. The van der Waals surface area contributed by atoms with Crippen molar-refractivity contribution in [3.05, 3.63) is 94.5 Å². The van der Waals surface area contributed by atoms with Crippen molar-refractivity contribution < 1.29 is 4.79 Å². The molecule has 0 aliphatic rings. The second-order valence-corrected chi connectivity index (χ2v) is 8.16. The summed E-state index contributed by atoms with van der Waals surface area (Å²) in [4.78, 5) is 14.5. The molecule has 0 aliphatic heterocycles. The van der Waals surface area contributed by atoms with Gasteiger partial charge >= 0.3 is 0 Å². The van der Waals surface area contributed by atoms with E-state index < -0.39 is 0 Å². The summed E-state index contributed by atoms with van der Waals surface area (Å²) in [5.41, 5.74) is 5.99. The van der Waals surface area contributed by atoms with E-state index in [-0.39, 0.29) is 11.7 Å². The average molecular weight is 498 g/mol. The lowest BCUT2D eigenvalue weighted by Gasteiger charge is -2.23. The van der Waals surface area contributed by atoms with Gasteiger partial charge in [0, 0.05) is 34.9 Å². The van der Waals surface area contributed by atoms with Gasteiger partial charge in [0.05, 0.1) is 30.7 Å². The second kappa shape index (κ2) is 13.4. The van der Waals surface area contributed by atoms with Crippen molar-refractivity contribution in [2.45, 2.75) is 19.8 Å². The Hall–Kier alpha value is -4.53. The fraction of sp³-hybridized carbons (Fsp3) is 0.185. The lowest BCUT2D eigenvalue weighted by molar-refractivity contribution is 0.0955. The molecule has 36 heavy (non-hydrogen) atoms. The maximum Gasteiger partial charge on any atom is 0.271 e. The van der Waals surface area contributed by atoms with Crippen molar-refractivity contribution in [3.8, 4) is 12.1 Å². The first kappa shape index (κ1) is 26.1. The first-order chi connectivity index (χ1) is 17.5. The van der Waals surface area contributed by atoms with Gasteiger partial charge in [0.1, 0.15) is 0 Å². The van der Waals surface area contributed by atoms with E-state index in [0.717, 1.165) is 11.3 Å². The van der Waals surface area contributed by atoms with Gasteiger partial charge in [0.15, 0.2) is 0 Å². The number of anilines is 1. The van der Waals surface area contributed by atoms with Gasteiger partial charge in [-0.25, -0.2) is 5.43 Å². The molecular formula is C27H24ClN7O. The molecule has 0 atom stereocenters. The van der Waals surface area contributed by atoms with E-state index in [2.05, 4.69) is 32.9 Å². The lowest BCUT2D eigenvalue weighted by atomic mass is 10.1. The predicted molar refractivity (Wildman–Crippen MR) is 140 cm³/mol. The zero-order valence-electron chi connectivity index (χ0n) is 19.7. The fourth-order valence-corrected chi connectivity index (χ4v) is 3.47. The zero-order chi connectivity index (χ0) is 25.8. The van der Waals surface area contributed by atoms with Crippen molar-refractivity contribution in [1.29, 1.82) is 10.5 Å². The summed E-state index contributed by atoms with van der Waals surface area (Å²) in [6.07, 6.45) is 0.694. The van der Waals surface area contributed by atoms with Gasteiger partial charge in [0.25, 0.3) is 5.91 Å². The number of hydrogen-bond donors (Lipinski definition) is 1. The number of nitriles is 2. The van der Waals surface area contributed by atoms with Gasteiger partial charge in [-0.05, 0) is 67.1 Å². The van der Waals surface area contributed by atoms with Crippen molar-refractivity contribution in [2.24, 2.45) is 15.3 Å². The third-order valence-corrected chi connectivity index (χ3v) is 5.44. The van der Waals surface area contributed by atoms with Crippen LogP contribution >= 0.6 is 11.6 Å². The molecule has 0 saturated heterocycles. The highest BCUT2D eigenvalue weighted by atomic mass is 35.5. The third-order valence-electron chi connectivity index (χ3n) is 5.19. The summed E-state index contributed by atoms with van der Waals surface area (Å²) in [6.45, 7) is 2.93. The van der Waals surface area contributed by atoms with E-state index in [1.54, 1.807) is 48.5 Å². The lowest BCUT2D eigenvalue weighted by Crippen LogP contribution is -2.25. The van der Waals surface area contributed by atoms with Gasteiger partial charge in [-0.3, -0.25) is 4.79 Å². The van der Waals surface area contributed by atoms with Crippen LogP contribution < -0.4 is 10.3 Å². The number of amidine groups is 1. The molecule has 180 valence electrons. The Morgan fingerprint density at radius 3 is 2.25 bits per heavy atom. The Balaban J connectivity index is 1.93. The zero-order valence-corrected chi connectivity index (χ0v) is 20.5. The topological polar surface area (TPSA) is 117 Å². The van der Waals surface area contributed by atoms with Gasteiger partial charge in [-0.1, -0.05) is 29.8 Å². The Morgan fingerprint density at radius 1 is 0.972 bits per heavy atom. The summed E-state index contributed by atoms with van der Waals surface area (Å²) in [5, 5.41) is 31.4. The molecular weight excluding hydrogens is 474 g/mol. The third kappa shape index (κ3) is 7.49. The highest BCUT2D eigenvalue weighted by Crippen LogP contribution is 2.22. The molecule has 3 aromatic rings. The Kier molecular flexibility index (Phi) is 9.69. The van der Waals surface area contributed by atoms with E-state index in [0.29, 0.717) is 47.8 Å². The number of nitrogens with zero attached hydrogens (tertiary/aromatic N) is 6. The number of hydrogen-bond acceptors (Lipinski definition) is 6. The number of carbonyl (C=O) groups excluding carboxylic acids is 1. The number of rotatable bonds is 9. The van der Waals surface area contributed by atoms with E-state index in [1.807, 2.05) is 36.1 Å². The predicted octanol–water partition coefficient (Wildman–Crippen LogP) is 6.16. The molecule has 9 heteroatoms. The number of benzene rings is 3. The molecule has 0 spiro atoms. The molecule has 0 fully saturated rings. The molecule has 8 nitrogen and oxygen atoms in total. The molecule has 0 saturated carbocycles. The van der Waals surface area contributed by atoms with Crippen LogP contribution in [0.3, 0.4) is 0 Å². The van der Waals surface area contributed by atoms with Gasteiger partial charge < -0.3 is 4.90 Å². The van der Waals surface area contributed by atoms with Crippen molar-refractivity contribution in [3.63, 3.8) is 0 Å². The monoisotopic (exact) mass is 497 g/mol. The van der Waals surface area contributed by atoms with E-state index >= 15 is 0 Å². The quantitative estimate of drug-likeness (QED) is 0.165. The Morgan fingerprint density at radius 2 is 1.64 bits per heavy atom. The number of amides is 1. The van der Waals surface area contributed by atoms with Crippen LogP contribution in [0.5, 0.6) is 0 Å². The maximum atomic E-state index is 12.6. The van der Waals surface area contributed by atoms with Crippen LogP contribution in [0.1, 0.15) is 34.3 Å². The molecule has 1 N–H and O–H groups in total. The van der Waals surface area contributed by atoms with E-state index in [1.165, 1.54) is 0 Å². The number of halogens is 1. The second-order valence-electron chi connectivity index (χ2n) is 7.72. The molecule has 0 heterocycles. The number of carbonyl (C=O) groups is 1. The Labute approximate surface area is 215 Å². The van der Waals surface area contributed by atoms with Crippen LogP contribution in [-0.2, 0) is 0 Å². The molecule has 3 aromatic carbocycles. The molecule has 1 amide bonds.